The van der Waals surface area contributed by atoms with Crippen LogP contribution in [0.2, 0.25) is 0 Å². The molecular formula is C31H44O10. The minimum atomic E-state index is -1.48. The fourth-order valence-corrected chi connectivity index (χ4v) is 6.79. The summed E-state index contributed by atoms with van der Waals surface area (Å²) in [7, 11) is 0. The zero-order valence-corrected chi connectivity index (χ0v) is 25.3. The zero-order chi connectivity index (χ0) is 30.9. The number of hydrogen-bond donors (Lipinski definition) is 1. The summed E-state index contributed by atoms with van der Waals surface area (Å²) in [4.78, 5) is 49.6. The van der Waals surface area contributed by atoms with E-state index in [1.54, 1.807) is 12.2 Å². The molecule has 0 aromatic carbocycles. The van der Waals surface area contributed by atoms with Crippen LogP contribution >= 0.6 is 0 Å². The summed E-state index contributed by atoms with van der Waals surface area (Å²) >= 11 is 0. The standard InChI is InChI=1S/C31H44O10/c1-10-17(4)11-12-30(9)18(5)26(37-19(6)32)27(36)31-23(28(38-20(7)33)41-29(31)39-21(8)34)14-22(15-24(30)31)40-25(35)13-16(2)3/h10-11,14,16,18,22,24,26-29,36H,1,12-13,15H2,2-9H3/b17-11+/t18-,22+,24+,26-,27+,28+,29-,30-,31?/m1/s1. The molecule has 10 heteroatoms. The number of esters is 4. The minimum Gasteiger partial charge on any atom is -0.459 e. The van der Waals surface area contributed by atoms with Gasteiger partial charge in [-0.1, -0.05) is 52.0 Å². The molecule has 41 heavy (non-hydrogen) atoms. The number of carbonyl (C=O) groups excluding carboxylic acids is 4. The van der Waals surface area contributed by atoms with Gasteiger partial charge in [-0.3, -0.25) is 23.9 Å². The van der Waals surface area contributed by atoms with E-state index < -0.39 is 71.5 Å². The smallest absolute Gasteiger partial charge is 0.306 e. The molecule has 1 N–H and O–H groups in total. The number of carbonyl (C=O) groups is 4. The lowest BCUT2D eigenvalue weighted by Gasteiger charge is -2.62. The molecule has 3 aliphatic rings. The normalized spacial score (nSPS) is 36.4. The Hall–Kier alpha value is -2.98. The van der Waals surface area contributed by atoms with Gasteiger partial charge in [0.25, 0.3) is 0 Å². The summed E-state index contributed by atoms with van der Waals surface area (Å²) in [6.45, 7) is 17.2. The van der Waals surface area contributed by atoms with Crippen molar-refractivity contribution in [1.29, 1.82) is 0 Å². The SMILES string of the molecule is C=C/C(C)=C/C[C@]1(C)[C@H](C)[C@@H](OC(C)=O)[C@H](O)C23C(=C[C@H](OC(=O)CC(C)C)C[C@H]21)[C@@H](OC(C)=O)O[C@H]3OC(C)=O. The Morgan fingerprint density at radius 2 is 1.68 bits per heavy atom. The van der Waals surface area contributed by atoms with Gasteiger partial charge in [-0.15, -0.1) is 0 Å². The predicted octanol–water partition coefficient (Wildman–Crippen LogP) is 4.16. The van der Waals surface area contributed by atoms with Crippen LogP contribution in [0.1, 0.15) is 74.7 Å². The van der Waals surface area contributed by atoms with Crippen LogP contribution in [0.25, 0.3) is 0 Å². The molecule has 10 nitrogen and oxygen atoms in total. The second-order valence-electron chi connectivity index (χ2n) is 12.2. The van der Waals surface area contributed by atoms with Gasteiger partial charge in [0, 0.05) is 38.7 Å². The van der Waals surface area contributed by atoms with Crippen molar-refractivity contribution >= 4 is 23.9 Å². The first-order valence-electron chi connectivity index (χ1n) is 14.1. The highest BCUT2D eigenvalue weighted by molar-refractivity contribution is 5.70. The summed E-state index contributed by atoms with van der Waals surface area (Å²) in [5.74, 6) is -3.17. The van der Waals surface area contributed by atoms with E-state index in [-0.39, 0.29) is 24.7 Å². The van der Waals surface area contributed by atoms with Crippen molar-refractivity contribution < 1.29 is 48.0 Å². The highest BCUT2D eigenvalue weighted by Gasteiger charge is 2.74. The first-order valence-corrected chi connectivity index (χ1v) is 14.1. The summed E-state index contributed by atoms with van der Waals surface area (Å²) in [5.41, 5.74) is -0.973. The van der Waals surface area contributed by atoms with Crippen LogP contribution in [0, 0.1) is 28.6 Å². The van der Waals surface area contributed by atoms with Gasteiger partial charge < -0.3 is 24.1 Å². The molecule has 1 saturated carbocycles. The lowest BCUT2D eigenvalue weighted by Crippen LogP contribution is -2.68. The van der Waals surface area contributed by atoms with Gasteiger partial charge in [-0.2, -0.15) is 0 Å². The van der Waals surface area contributed by atoms with E-state index in [1.165, 1.54) is 20.8 Å². The number of rotatable bonds is 9. The Bertz CT molecular complexity index is 1120. The van der Waals surface area contributed by atoms with Crippen molar-refractivity contribution in [2.75, 3.05) is 0 Å². The first-order chi connectivity index (χ1) is 19.1. The number of hydrogen-bond acceptors (Lipinski definition) is 10. The third-order valence-electron chi connectivity index (χ3n) is 8.82. The average molecular weight is 577 g/mol. The van der Waals surface area contributed by atoms with Crippen molar-refractivity contribution in [3.8, 4) is 0 Å². The van der Waals surface area contributed by atoms with Gasteiger partial charge in [0.2, 0.25) is 12.6 Å². The molecule has 3 rings (SSSR count). The van der Waals surface area contributed by atoms with Crippen LogP contribution < -0.4 is 0 Å². The van der Waals surface area contributed by atoms with Gasteiger partial charge in [0.15, 0.2) is 0 Å². The van der Waals surface area contributed by atoms with Crippen LogP contribution in [-0.4, -0.2) is 59.9 Å². The van der Waals surface area contributed by atoms with Crippen molar-refractivity contribution in [2.45, 2.75) is 106 Å². The van der Waals surface area contributed by atoms with Gasteiger partial charge >= 0.3 is 23.9 Å². The topological polar surface area (TPSA) is 135 Å². The second kappa shape index (κ2) is 12.5. The molecule has 0 bridgehead atoms. The van der Waals surface area contributed by atoms with Crippen LogP contribution in [0.4, 0.5) is 0 Å². The molecule has 0 amide bonds. The molecule has 0 aromatic rings. The maximum absolute atomic E-state index is 12.8. The van der Waals surface area contributed by atoms with E-state index in [9.17, 15) is 24.3 Å². The third-order valence-corrected chi connectivity index (χ3v) is 8.82. The number of ether oxygens (including phenoxy) is 5. The average Bonchev–Trinajstić information content (AvgIpc) is 3.14. The molecule has 2 fully saturated rings. The molecule has 2 aliphatic carbocycles. The van der Waals surface area contributed by atoms with Crippen molar-refractivity contribution in [1.82, 2.24) is 0 Å². The summed E-state index contributed by atoms with van der Waals surface area (Å²) in [5, 5.41) is 12.2. The van der Waals surface area contributed by atoms with Gasteiger partial charge in [0.05, 0.1) is 5.41 Å². The van der Waals surface area contributed by atoms with E-state index in [0.717, 1.165) is 5.57 Å². The maximum atomic E-state index is 12.8. The molecule has 0 radical (unpaired) electrons. The Morgan fingerprint density at radius 1 is 1.07 bits per heavy atom. The van der Waals surface area contributed by atoms with Crippen LogP contribution in [0.15, 0.2) is 36.0 Å². The minimum absolute atomic E-state index is 0.0769. The summed E-state index contributed by atoms with van der Waals surface area (Å²) < 4.78 is 29.0. The highest BCUT2D eigenvalue weighted by atomic mass is 16.8. The Balaban J connectivity index is 2.31. The Morgan fingerprint density at radius 3 is 2.22 bits per heavy atom. The van der Waals surface area contributed by atoms with E-state index in [4.69, 9.17) is 23.7 Å². The van der Waals surface area contributed by atoms with Crippen LogP contribution in [0.5, 0.6) is 0 Å². The molecule has 9 atom stereocenters. The van der Waals surface area contributed by atoms with E-state index in [2.05, 4.69) is 6.58 Å². The number of aliphatic hydroxyl groups excluding tert-OH is 1. The summed E-state index contributed by atoms with van der Waals surface area (Å²) in [6.07, 6.45) is 0.422. The van der Waals surface area contributed by atoms with Crippen LogP contribution in [-0.2, 0) is 42.9 Å². The molecule has 228 valence electrons. The monoisotopic (exact) mass is 576 g/mol. The van der Waals surface area contributed by atoms with Gasteiger partial charge in [-0.05, 0) is 43.1 Å². The van der Waals surface area contributed by atoms with Crippen molar-refractivity contribution in [3.05, 3.63) is 36.0 Å². The largest absolute Gasteiger partial charge is 0.459 e. The van der Waals surface area contributed by atoms with Crippen LogP contribution in [0.3, 0.4) is 0 Å². The molecule has 1 heterocycles. The lowest BCUT2D eigenvalue weighted by molar-refractivity contribution is -0.275. The first kappa shape index (κ1) is 32.5. The van der Waals surface area contributed by atoms with E-state index in [0.29, 0.717) is 12.0 Å². The molecule has 0 aromatic heterocycles. The Labute approximate surface area is 242 Å². The lowest BCUT2D eigenvalue weighted by atomic mass is 9.44. The van der Waals surface area contributed by atoms with Crippen molar-refractivity contribution in [3.63, 3.8) is 0 Å². The quantitative estimate of drug-likeness (QED) is 0.185. The maximum Gasteiger partial charge on any atom is 0.306 e. The zero-order valence-electron chi connectivity index (χ0n) is 25.3. The second-order valence-corrected chi connectivity index (χ2v) is 12.2. The number of allylic oxidation sites excluding steroid dienone is 3. The van der Waals surface area contributed by atoms with Crippen molar-refractivity contribution in [2.24, 2.45) is 28.6 Å². The fraction of sp³-hybridized carbons (Fsp3) is 0.677. The molecule has 1 spiro atoms. The molecule has 1 saturated heterocycles. The fourth-order valence-electron chi connectivity index (χ4n) is 6.79. The van der Waals surface area contributed by atoms with E-state index in [1.807, 2.05) is 40.7 Å². The molecular weight excluding hydrogens is 532 g/mol. The third kappa shape index (κ3) is 6.28. The van der Waals surface area contributed by atoms with E-state index >= 15 is 0 Å². The van der Waals surface area contributed by atoms with Gasteiger partial charge in [0.1, 0.15) is 18.3 Å². The van der Waals surface area contributed by atoms with Gasteiger partial charge in [-0.25, -0.2) is 0 Å². The number of aliphatic hydroxyl groups is 1. The predicted molar refractivity (Wildman–Crippen MR) is 148 cm³/mol. The Kier molecular flexibility index (Phi) is 9.91. The highest BCUT2D eigenvalue weighted by Crippen LogP contribution is 2.67. The molecule has 1 unspecified atom stereocenters. The molecule has 1 aliphatic heterocycles. The summed E-state index contributed by atoms with van der Waals surface area (Å²) in [6, 6.07) is 0.